The Balaban J connectivity index is 1.97. The summed E-state index contributed by atoms with van der Waals surface area (Å²) in [5, 5.41) is 20.3. The van der Waals surface area contributed by atoms with Crippen molar-refractivity contribution in [1.82, 2.24) is 20.0 Å². The maximum atomic E-state index is 10.4. The Morgan fingerprint density at radius 1 is 1.42 bits per heavy atom. The van der Waals surface area contributed by atoms with Gasteiger partial charge < -0.3 is 5.11 Å². The van der Waals surface area contributed by atoms with E-state index >= 15 is 0 Å². The molecule has 0 aromatic carbocycles. The van der Waals surface area contributed by atoms with Crippen LogP contribution in [0.1, 0.15) is 30.7 Å². The van der Waals surface area contributed by atoms with Crippen LogP contribution in [-0.2, 0) is 6.54 Å². The minimum absolute atomic E-state index is 0.708. The third-order valence-electron chi connectivity index (χ3n) is 3.00. The van der Waals surface area contributed by atoms with E-state index in [1.807, 2.05) is 17.5 Å². The molecule has 5 nitrogen and oxygen atoms in total. The van der Waals surface area contributed by atoms with Gasteiger partial charge in [-0.1, -0.05) is 12.1 Å². The van der Waals surface area contributed by atoms with Gasteiger partial charge in [-0.25, -0.2) is 4.68 Å². The molecule has 1 N–H and O–H groups in total. The van der Waals surface area contributed by atoms with Crippen molar-refractivity contribution < 1.29 is 5.11 Å². The van der Waals surface area contributed by atoms with E-state index in [1.54, 1.807) is 28.4 Å². The van der Waals surface area contributed by atoms with Gasteiger partial charge in [0.15, 0.2) is 0 Å². The summed E-state index contributed by atoms with van der Waals surface area (Å²) in [5.41, 5.74) is 2.44. The zero-order valence-electron chi connectivity index (χ0n) is 10.5. The minimum atomic E-state index is -0.736. The Hall–Kier alpha value is -1.79. The maximum Gasteiger partial charge on any atom is 0.124 e. The SMILES string of the molecule is CCCn1nncc1C(O)c1cnc2ccsc2c1. The van der Waals surface area contributed by atoms with Crippen molar-refractivity contribution in [3.05, 3.63) is 41.2 Å². The predicted octanol–water partition coefficient (Wildman–Crippen LogP) is 2.38. The first kappa shape index (κ1) is 12.3. The van der Waals surface area contributed by atoms with Crippen LogP contribution in [0, 0.1) is 0 Å². The number of aromatic nitrogens is 4. The highest BCUT2D eigenvalue weighted by molar-refractivity contribution is 7.17. The Labute approximate surface area is 114 Å². The average Bonchev–Trinajstić information content (AvgIpc) is 3.05. The van der Waals surface area contributed by atoms with Crippen LogP contribution < -0.4 is 0 Å². The highest BCUT2D eigenvalue weighted by atomic mass is 32.1. The van der Waals surface area contributed by atoms with Crippen molar-refractivity contribution in [3.63, 3.8) is 0 Å². The number of fused-ring (bicyclic) bond motifs is 1. The molecule has 0 radical (unpaired) electrons. The van der Waals surface area contributed by atoms with Gasteiger partial charge in [0.25, 0.3) is 0 Å². The van der Waals surface area contributed by atoms with Crippen molar-refractivity contribution in [2.45, 2.75) is 26.0 Å². The van der Waals surface area contributed by atoms with Crippen molar-refractivity contribution in [2.75, 3.05) is 0 Å². The number of rotatable bonds is 4. The van der Waals surface area contributed by atoms with Gasteiger partial charge in [-0.15, -0.1) is 16.4 Å². The fraction of sp³-hybridized carbons (Fsp3) is 0.308. The molecule has 0 aliphatic heterocycles. The number of pyridine rings is 1. The molecule has 0 saturated heterocycles. The van der Waals surface area contributed by atoms with E-state index in [4.69, 9.17) is 0 Å². The van der Waals surface area contributed by atoms with Crippen LogP contribution in [0.3, 0.4) is 0 Å². The van der Waals surface area contributed by atoms with Crippen LogP contribution in [-0.4, -0.2) is 25.1 Å². The summed E-state index contributed by atoms with van der Waals surface area (Å²) in [4.78, 5) is 4.35. The highest BCUT2D eigenvalue weighted by Gasteiger charge is 2.17. The van der Waals surface area contributed by atoms with Gasteiger partial charge in [0, 0.05) is 18.3 Å². The van der Waals surface area contributed by atoms with E-state index in [-0.39, 0.29) is 0 Å². The average molecular weight is 274 g/mol. The van der Waals surface area contributed by atoms with Crippen LogP contribution in [0.2, 0.25) is 0 Å². The van der Waals surface area contributed by atoms with Crippen LogP contribution in [0.5, 0.6) is 0 Å². The van der Waals surface area contributed by atoms with E-state index in [9.17, 15) is 5.11 Å². The molecular formula is C13H14N4OS. The van der Waals surface area contributed by atoms with Crippen LogP contribution >= 0.6 is 11.3 Å². The van der Waals surface area contributed by atoms with E-state index in [0.717, 1.165) is 28.7 Å². The standard InChI is InChI=1S/C13H14N4OS/c1-2-4-17-11(8-15-16-17)13(18)9-6-12-10(14-7-9)3-5-19-12/h3,5-8,13,18H,2,4H2,1H3. The first-order valence-corrected chi connectivity index (χ1v) is 7.07. The molecule has 98 valence electrons. The van der Waals surface area contributed by atoms with Gasteiger partial charge in [-0.3, -0.25) is 4.98 Å². The molecule has 0 fully saturated rings. The van der Waals surface area contributed by atoms with Gasteiger partial charge in [0.05, 0.1) is 22.1 Å². The molecule has 1 unspecified atom stereocenters. The number of aliphatic hydroxyl groups is 1. The van der Waals surface area contributed by atoms with Gasteiger partial charge in [0.2, 0.25) is 0 Å². The van der Waals surface area contributed by atoms with E-state index < -0.39 is 6.10 Å². The molecule has 0 bridgehead atoms. The molecular weight excluding hydrogens is 260 g/mol. The van der Waals surface area contributed by atoms with Crippen molar-refractivity contribution in [1.29, 1.82) is 0 Å². The molecule has 3 heterocycles. The smallest absolute Gasteiger partial charge is 0.124 e. The molecule has 3 aromatic rings. The zero-order chi connectivity index (χ0) is 13.2. The van der Waals surface area contributed by atoms with Crippen LogP contribution in [0.4, 0.5) is 0 Å². The quantitative estimate of drug-likeness (QED) is 0.793. The highest BCUT2D eigenvalue weighted by Crippen LogP contribution is 2.26. The molecule has 6 heteroatoms. The Bertz CT molecular complexity index is 691. The number of aryl methyl sites for hydroxylation is 1. The lowest BCUT2D eigenvalue weighted by molar-refractivity contribution is 0.207. The minimum Gasteiger partial charge on any atom is -0.382 e. The molecule has 0 aliphatic carbocycles. The second-order valence-corrected chi connectivity index (χ2v) is 5.30. The molecule has 0 amide bonds. The fourth-order valence-corrected chi connectivity index (χ4v) is 2.83. The number of thiophene rings is 1. The Kier molecular flexibility index (Phi) is 3.27. The van der Waals surface area contributed by atoms with Gasteiger partial charge in [-0.05, 0) is 23.9 Å². The summed E-state index contributed by atoms with van der Waals surface area (Å²) in [5.74, 6) is 0. The monoisotopic (exact) mass is 274 g/mol. The topological polar surface area (TPSA) is 63.8 Å². The molecule has 1 atom stereocenters. The molecule has 3 rings (SSSR count). The molecule has 0 spiro atoms. The molecule has 3 aromatic heterocycles. The van der Waals surface area contributed by atoms with Crippen molar-refractivity contribution in [2.24, 2.45) is 0 Å². The summed E-state index contributed by atoms with van der Waals surface area (Å²) in [6.07, 6.45) is 3.54. The fourth-order valence-electron chi connectivity index (χ4n) is 2.04. The summed E-state index contributed by atoms with van der Waals surface area (Å²) in [6, 6.07) is 3.94. The van der Waals surface area contributed by atoms with Gasteiger partial charge in [-0.2, -0.15) is 0 Å². The third kappa shape index (κ3) is 2.24. The van der Waals surface area contributed by atoms with E-state index in [0.29, 0.717) is 5.69 Å². The molecule has 0 aliphatic rings. The second-order valence-electron chi connectivity index (χ2n) is 4.36. The molecule has 19 heavy (non-hydrogen) atoms. The Morgan fingerprint density at radius 2 is 2.32 bits per heavy atom. The lowest BCUT2D eigenvalue weighted by Crippen LogP contribution is -2.10. The van der Waals surface area contributed by atoms with Crippen LogP contribution in [0.25, 0.3) is 10.2 Å². The lowest BCUT2D eigenvalue weighted by atomic mass is 10.1. The normalized spacial score (nSPS) is 12.9. The number of hydrogen-bond acceptors (Lipinski definition) is 5. The summed E-state index contributed by atoms with van der Waals surface area (Å²) in [7, 11) is 0. The number of nitrogens with zero attached hydrogens (tertiary/aromatic N) is 4. The summed E-state index contributed by atoms with van der Waals surface area (Å²) >= 11 is 1.62. The molecule has 0 saturated carbocycles. The second kappa shape index (κ2) is 5.07. The summed E-state index contributed by atoms with van der Waals surface area (Å²) < 4.78 is 2.81. The largest absolute Gasteiger partial charge is 0.382 e. The first-order valence-electron chi connectivity index (χ1n) is 6.19. The predicted molar refractivity (Wildman–Crippen MR) is 74.0 cm³/mol. The number of aliphatic hydroxyl groups excluding tert-OH is 1. The summed E-state index contributed by atoms with van der Waals surface area (Å²) in [6.45, 7) is 2.82. The first-order chi connectivity index (χ1) is 9.29. The Morgan fingerprint density at radius 3 is 3.16 bits per heavy atom. The lowest BCUT2D eigenvalue weighted by Gasteiger charge is -2.12. The van der Waals surface area contributed by atoms with Gasteiger partial charge in [0.1, 0.15) is 6.10 Å². The van der Waals surface area contributed by atoms with Crippen molar-refractivity contribution >= 4 is 21.6 Å². The van der Waals surface area contributed by atoms with E-state index in [2.05, 4.69) is 22.2 Å². The third-order valence-corrected chi connectivity index (χ3v) is 3.86. The van der Waals surface area contributed by atoms with Gasteiger partial charge >= 0.3 is 0 Å². The van der Waals surface area contributed by atoms with Crippen molar-refractivity contribution in [3.8, 4) is 0 Å². The zero-order valence-corrected chi connectivity index (χ0v) is 11.3. The van der Waals surface area contributed by atoms with Crippen LogP contribution in [0.15, 0.2) is 29.9 Å². The van der Waals surface area contributed by atoms with E-state index in [1.165, 1.54) is 0 Å². The number of hydrogen-bond donors (Lipinski definition) is 1. The maximum absolute atomic E-state index is 10.4.